The number of nitrogens with zero attached hydrogens (tertiary/aromatic N) is 3. The molecule has 6 nitrogen and oxygen atoms in total. The van der Waals surface area contributed by atoms with Crippen LogP contribution in [-0.4, -0.2) is 40.7 Å². The lowest BCUT2D eigenvalue weighted by Crippen LogP contribution is -2.37. The molecule has 0 saturated heterocycles. The molecule has 2 saturated carbocycles. The van der Waals surface area contributed by atoms with Gasteiger partial charge in [-0.2, -0.15) is 0 Å². The second-order valence-electron chi connectivity index (χ2n) is 7.75. The van der Waals surface area contributed by atoms with Crippen molar-refractivity contribution in [2.24, 2.45) is 5.41 Å². The van der Waals surface area contributed by atoms with Crippen LogP contribution in [0.1, 0.15) is 69.2 Å². The molecule has 2 aliphatic rings. The molecule has 25 heavy (non-hydrogen) atoms. The van der Waals surface area contributed by atoms with E-state index < -0.39 is 5.41 Å². The average molecular weight is 346 g/mol. The van der Waals surface area contributed by atoms with E-state index in [2.05, 4.69) is 27.2 Å². The first-order valence-corrected chi connectivity index (χ1v) is 9.45. The summed E-state index contributed by atoms with van der Waals surface area (Å²) in [6.45, 7) is 3.84. The fourth-order valence-electron chi connectivity index (χ4n) is 3.73. The molecule has 0 aliphatic heterocycles. The number of aromatic nitrogens is 2. The average Bonchev–Trinajstić information content (AvgIpc) is 3.43. The number of aliphatic hydroxyl groups is 1. The second-order valence-corrected chi connectivity index (χ2v) is 7.75. The van der Waals surface area contributed by atoms with E-state index in [0.29, 0.717) is 6.04 Å². The molecule has 1 atom stereocenters. The maximum atomic E-state index is 12.3. The molecule has 2 N–H and O–H groups in total. The van der Waals surface area contributed by atoms with Gasteiger partial charge in [0.05, 0.1) is 18.1 Å². The number of anilines is 1. The second kappa shape index (κ2) is 7.28. The highest BCUT2D eigenvalue weighted by Gasteiger charge is 2.49. The van der Waals surface area contributed by atoms with Gasteiger partial charge in [0.1, 0.15) is 0 Å². The van der Waals surface area contributed by atoms with Gasteiger partial charge in [-0.3, -0.25) is 4.79 Å². The van der Waals surface area contributed by atoms with E-state index in [-0.39, 0.29) is 18.6 Å². The lowest BCUT2D eigenvalue weighted by atomic mass is 9.95. The number of nitrogens with one attached hydrogen (secondary N) is 1. The zero-order valence-electron chi connectivity index (χ0n) is 15.6. The molecule has 0 bridgehead atoms. The van der Waals surface area contributed by atoms with Crippen LogP contribution >= 0.6 is 0 Å². The van der Waals surface area contributed by atoms with Crippen LogP contribution in [0.2, 0.25) is 0 Å². The molecule has 1 heterocycles. The Morgan fingerprint density at radius 2 is 2.08 bits per heavy atom. The van der Waals surface area contributed by atoms with Crippen molar-refractivity contribution in [3.63, 3.8) is 0 Å². The summed E-state index contributed by atoms with van der Waals surface area (Å²) in [5.74, 6) is 0.700. The van der Waals surface area contributed by atoms with Gasteiger partial charge in [0, 0.05) is 30.5 Å². The summed E-state index contributed by atoms with van der Waals surface area (Å²) in [6.07, 6.45) is 9.66. The summed E-state index contributed by atoms with van der Waals surface area (Å²) in [5.41, 5.74) is 1.28. The van der Waals surface area contributed by atoms with Crippen LogP contribution in [0.5, 0.6) is 0 Å². The number of aliphatic hydroxyl groups excluding tert-OH is 1. The number of rotatable bonds is 6. The fraction of sp³-hybridized carbons (Fsp3) is 0.737. The predicted octanol–water partition coefficient (Wildman–Crippen LogP) is 2.50. The van der Waals surface area contributed by atoms with Crippen molar-refractivity contribution in [1.82, 2.24) is 15.3 Å². The van der Waals surface area contributed by atoms with E-state index in [4.69, 9.17) is 0 Å². The molecule has 1 aromatic rings. The summed E-state index contributed by atoms with van der Waals surface area (Å²) >= 11 is 0. The Morgan fingerprint density at radius 3 is 2.64 bits per heavy atom. The molecule has 6 heteroatoms. The monoisotopic (exact) mass is 346 g/mol. The maximum Gasteiger partial charge on any atom is 0.229 e. The number of hydrogen-bond donors (Lipinski definition) is 2. The molecule has 0 unspecified atom stereocenters. The summed E-state index contributed by atoms with van der Waals surface area (Å²) < 4.78 is 0. The van der Waals surface area contributed by atoms with Gasteiger partial charge in [0.25, 0.3) is 0 Å². The van der Waals surface area contributed by atoms with Crippen molar-refractivity contribution in [3.8, 4) is 0 Å². The highest BCUT2D eigenvalue weighted by Crippen LogP contribution is 2.45. The van der Waals surface area contributed by atoms with Crippen molar-refractivity contribution < 1.29 is 9.90 Å². The van der Waals surface area contributed by atoms with Gasteiger partial charge in [0.15, 0.2) is 0 Å². The Balaban J connectivity index is 1.67. The van der Waals surface area contributed by atoms with Crippen LogP contribution in [0.3, 0.4) is 0 Å². The van der Waals surface area contributed by atoms with E-state index in [0.717, 1.165) is 30.0 Å². The van der Waals surface area contributed by atoms with Gasteiger partial charge >= 0.3 is 0 Å². The molecule has 0 spiro atoms. The third-order valence-electron chi connectivity index (χ3n) is 5.89. The lowest BCUT2D eigenvalue weighted by Gasteiger charge is -2.31. The predicted molar refractivity (Wildman–Crippen MR) is 97.4 cm³/mol. The molecule has 1 amide bonds. The van der Waals surface area contributed by atoms with Crippen molar-refractivity contribution in [3.05, 3.63) is 17.5 Å². The SMILES string of the molecule is Cc1nc(N(C)C2CCCCC2)ncc1[C@H](C)NC(=O)C1(CO)CC1. The molecule has 2 aliphatic carbocycles. The Labute approximate surface area is 150 Å². The molecule has 1 aromatic heterocycles. The summed E-state index contributed by atoms with van der Waals surface area (Å²) in [4.78, 5) is 23.8. The van der Waals surface area contributed by atoms with Gasteiger partial charge in [-0.05, 0) is 39.5 Å². The van der Waals surface area contributed by atoms with Crippen molar-refractivity contribution in [2.45, 2.75) is 70.9 Å². The van der Waals surface area contributed by atoms with Gasteiger partial charge in [-0.15, -0.1) is 0 Å². The molecular formula is C19H30N4O2. The highest BCUT2D eigenvalue weighted by atomic mass is 16.3. The van der Waals surface area contributed by atoms with E-state index in [1.54, 1.807) is 0 Å². The number of carbonyl (C=O) groups excluding carboxylic acids is 1. The van der Waals surface area contributed by atoms with Crippen molar-refractivity contribution >= 4 is 11.9 Å². The molecular weight excluding hydrogens is 316 g/mol. The normalized spacial score (nSPS) is 20.8. The minimum Gasteiger partial charge on any atom is -0.395 e. The number of hydrogen-bond acceptors (Lipinski definition) is 5. The van der Waals surface area contributed by atoms with E-state index in [9.17, 15) is 9.90 Å². The smallest absolute Gasteiger partial charge is 0.229 e. The van der Waals surface area contributed by atoms with Crippen LogP contribution in [0.15, 0.2) is 6.20 Å². The molecule has 2 fully saturated rings. The molecule has 0 aromatic carbocycles. The first-order chi connectivity index (χ1) is 12.0. The van der Waals surface area contributed by atoms with E-state index >= 15 is 0 Å². The van der Waals surface area contributed by atoms with Crippen LogP contribution in [0.25, 0.3) is 0 Å². The number of amides is 1. The summed E-state index contributed by atoms with van der Waals surface area (Å²) in [6, 6.07) is 0.362. The Kier molecular flexibility index (Phi) is 5.27. The van der Waals surface area contributed by atoms with Crippen LogP contribution in [0.4, 0.5) is 5.95 Å². The molecule has 3 rings (SSSR count). The third-order valence-corrected chi connectivity index (χ3v) is 5.89. The van der Waals surface area contributed by atoms with Gasteiger partial charge in [-0.1, -0.05) is 19.3 Å². The quantitative estimate of drug-likeness (QED) is 0.827. The van der Waals surface area contributed by atoms with Crippen LogP contribution in [-0.2, 0) is 4.79 Å². The lowest BCUT2D eigenvalue weighted by molar-refractivity contribution is -0.128. The fourth-order valence-corrected chi connectivity index (χ4v) is 3.73. The first-order valence-electron chi connectivity index (χ1n) is 9.45. The van der Waals surface area contributed by atoms with Crippen molar-refractivity contribution in [1.29, 1.82) is 0 Å². The van der Waals surface area contributed by atoms with Crippen molar-refractivity contribution in [2.75, 3.05) is 18.6 Å². The first kappa shape index (κ1) is 18.1. The standard InChI is InChI=1S/C19H30N4O2/c1-13(21-17(25)19(12-24)9-10-19)16-11-20-18(22-14(16)2)23(3)15-7-5-4-6-8-15/h11,13,15,24H,4-10,12H2,1-3H3,(H,21,25)/t13-/m0/s1. The topological polar surface area (TPSA) is 78.4 Å². The van der Waals surface area contributed by atoms with Crippen LogP contribution < -0.4 is 10.2 Å². The summed E-state index contributed by atoms with van der Waals surface area (Å²) in [5, 5.41) is 12.4. The minimum atomic E-state index is -0.551. The summed E-state index contributed by atoms with van der Waals surface area (Å²) in [7, 11) is 2.08. The van der Waals surface area contributed by atoms with E-state index in [1.165, 1.54) is 32.1 Å². The Morgan fingerprint density at radius 1 is 1.40 bits per heavy atom. The highest BCUT2D eigenvalue weighted by molar-refractivity contribution is 5.85. The zero-order chi connectivity index (χ0) is 18.0. The zero-order valence-corrected chi connectivity index (χ0v) is 15.6. The Hall–Kier alpha value is -1.69. The minimum absolute atomic E-state index is 0.0645. The van der Waals surface area contributed by atoms with Gasteiger partial charge in [-0.25, -0.2) is 9.97 Å². The number of aryl methyl sites for hydroxylation is 1. The third kappa shape index (κ3) is 3.78. The molecule has 138 valence electrons. The van der Waals surface area contributed by atoms with Gasteiger partial charge < -0.3 is 15.3 Å². The molecule has 0 radical (unpaired) electrons. The number of carbonyl (C=O) groups is 1. The Bertz CT molecular complexity index is 624. The largest absolute Gasteiger partial charge is 0.395 e. The maximum absolute atomic E-state index is 12.3. The van der Waals surface area contributed by atoms with Crippen LogP contribution in [0, 0.1) is 12.3 Å². The van der Waals surface area contributed by atoms with E-state index in [1.807, 2.05) is 20.0 Å². The van der Waals surface area contributed by atoms with Gasteiger partial charge in [0.2, 0.25) is 11.9 Å².